The molecule has 1 unspecified atom stereocenters. The van der Waals surface area contributed by atoms with Crippen LogP contribution in [0.25, 0.3) is 0 Å². The highest BCUT2D eigenvalue weighted by Gasteiger charge is 2.32. The molecule has 0 saturated carbocycles. The Morgan fingerprint density at radius 2 is 1.86 bits per heavy atom. The summed E-state index contributed by atoms with van der Waals surface area (Å²) in [4.78, 5) is 23.8. The maximum atomic E-state index is 13.1. The molecule has 3 rings (SSSR count). The normalized spacial score (nSPS) is 17.0. The van der Waals surface area contributed by atoms with Crippen LogP contribution in [0.3, 0.4) is 0 Å². The fourth-order valence-corrected chi connectivity index (χ4v) is 2.72. The maximum absolute atomic E-state index is 13.1. The predicted octanol–water partition coefficient (Wildman–Crippen LogP) is 3.65. The lowest BCUT2D eigenvalue weighted by Crippen LogP contribution is -2.47. The highest BCUT2D eigenvalue weighted by molar-refractivity contribution is 5.97. The van der Waals surface area contributed by atoms with Crippen molar-refractivity contribution in [3.8, 4) is 11.5 Å². The molecule has 148 valence electrons. The molecular weight excluding hydrogens is 380 g/mol. The highest BCUT2D eigenvalue weighted by atomic mass is 19.4. The first kappa shape index (κ1) is 19.7. The Balaban J connectivity index is 1.86. The summed E-state index contributed by atoms with van der Waals surface area (Å²) >= 11 is 0. The Morgan fingerprint density at radius 3 is 2.46 bits per heavy atom. The number of hydrogen-bond donors (Lipinski definition) is 2. The lowest BCUT2D eigenvalue weighted by atomic mass is 10.1. The van der Waals surface area contributed by atoms with E-state index in [2.05, 4.69) is 10.6 Å². The van der Waals surface area contributed by atoms with Gasteiger partial charge in [-0.1, -0.05) is 0 Å². The number of halogens is 4. The number of rotatable bonds is 4. The van der Waals surface area contributed by atoms with Crippen LogP contribution < -0.4 is 15.4 Å². The number of carbonyl (C=O) groups is 2. The Morgan fingerprint density at radius 1 is 1.14 bits per heavy atom. The number of nitrogens with one attached hydrogen (secondary N) is 2. The van der Waals surface area contributed by atoms with Crippen LogP contribution >= 0.6 is 0 Å². The van der Waals surface area contributed by atoms with E-state index in [0.717, 1.165) is 30.3 Å². The molecule has 1 aliphatic rings. The van der Waals surface area contributed by atoms with Crippen LogP contribution in [0.5, 0.6) is 11.5 Å². The zero-order valence-corrected chi connectivity index (χ0v) is 14.5. The smallest absolute Gasteiger partial charge is 0.416 e. The first-order valence-corrected chi connectivity index (χ1v) is 8.44. The Bertz CT molecular complexity index is 872. The van der Waals surface area contributed by atoms with Crippen molar-refractivity contribution in [2.45, 2.75) is 25.1 Å². The third kappa shape index (κ3) is 4.79. The van der Waals surface area contributed by atoms with E-state index in [0.29, 0.717) is 6.42 Å². The number of alkyl halides is 3. The van der Waals surface area contributed by atoms with Crippen LogP contribution in [0.15, 0.2) is 42.5 Å². The fourth-order valence-electron chi connectivity index (χ4n) is 2.72. The standard InChI is InChI=1S/C19H16F4N2O3/c20-12-2-5-14(6-3-12)28-16-9-11(19(21,22)23)1-7-15(16)18(27)25-13-4-8-17(26)24-10-13/h1-3,5-7,9,13H,4,8,10H2,(H,24,26)(H,25,27). The monoisotopic (exact) mass is 396 g/mol. The van der Waals surface area contributed by atoms with Gasteiger partial charge in [-0.25, -0.2) is 4.39 Å². The van der Waals surface area contributed by atoms with E-state index in [4.69, 9.17) is 4.74 Å². The molecule has 2 aromatic carbocycles. The molecule has 0 bridgehead atoms. The van der Waals surface area contributed by atoms with Gasteiger partial charge in [0.2, 0.25) is 5.91 Å². The van der Waals surface area contributed by atoms with Gasteiger partial charge in [0.05, 0.1) is 11.1 Å². The van der Waals surface area contributed by atoms with Crippen molar-refractivity contribution in [3.05, 3.63) is 59.4 Å². The summed E-state index contributed by atoms with van der Waals surface area (Å²) in [6, 6.07) is 6.86. The molecule has 1 aliphatic heterocycles. The molecule has 1 saturated heterocycles. The quantitative estimate of drug-likeness (QED) is 0.776. The summed E-state index contributed by atoms with van der Waals surface area (Å²) in [6.45, 7) is 0.235. The summed E-state index contributed by atoms with van der Waals surface area (Å²) in [7, 11) is 0. The molecule has 28 heavy (non-hydrogen) atoms. The van der Waals surface area contributed by atoms with Crippen molar-refractivity contribution in [3.63, 3.8) is 0 Å². The van der Waals surface area contributed by atoms with Gasteiger partial charge in [0.15, 0.2) is 0 Å². The number of carbonyl (C=O) groups excluding carboxylic acids is 2. The van der Waals surface area contributed by atoms with Gasteiger partial charge < -0.3 is 15.4 Å². The summed E-state index contributed by atoms with van der Waals surface area (Å²) in [6.07, 6.45) is -3.95. The van der Waals surface area contributed by atoms with Crippen molar-refractivity contribution in [1.82, 2.24) is 10.6 Å². The molecule has 1 heterocycles. The van der Waals surface area contributed by atoms with E-state index in [1.54, 1.807) is 0 Å². The fraction of sp³-hybridized carbons (Fsp3) is 0.263. The summed E-state index contributed by atoms with van der Waals surface area (Å²) in [5.41, 5.74) is -1.08. The summed E-state index contributed by atoms with van der Waals surface area (Å²) < 4.78 is 57.6. The van der Waals surface area contributed by atoms with Crippen molar-refractivity contribution >= 4 is 11.8 Å². The predicted molar refractivity (Wildman–Crippen MR) is 91.4 cm³/mol. The van der Waals surface area contributed by atoms with E-state index in [1.165, 1.54) is 12.1 Å². The minimum absolute atomic E-state index is 0.0831. The zero-order chi connectivity index (χ0) is 20.3. The highest BCUT2D eigenvalue weighted by Crippen LogP contribution is 2.35. The average Bonchev–Trinajstić information content (AvgIpc) is 2.64. The Labute approximate surface area is 157 Å². The van der Waals surface area contributed by atoms with Gasteiger partial charge in [0.25, 0.3) is 5.91 Å². The molecule has 0 radical (unpaired) electrons. The van der Waals surface area contributed by atoms with Crippen LogP contribution in [0.4, 0.5) is 17.6 Å². The third-order valence-electron chi connectivity index (χ3n) is 4.20. The minimum atomic E-state index is -4.62. The lowest BCUT2D eigenvalue weighted by Gasteiger charge is -2.24. The molecule has 2 aromatic rings. The second-order valence-electron chi connectivity index (χ2n) is 6.28. The van der Waals surface area contributed by atoms with Crippen LogP contribution in [0.1, 0.15) is 28.8 Å². The first-order chi connectivity index (χ1) is 13.2. The topological polar surface area (TPSA) is 67.4 Å². The van der Waals surface area contributed by atoms with Gasteiger partial charge in [-0.2, -0.15) is 13.2 Å². The van der Waals surface area contributed by atoms with Gasteiger partial charge in [-0.3, -0.25) is 9.59 Å². The Hall–Kier alpha value is -3.10. The van der Waals surface area contributed by atoms with E-state index >= 15 is 0 Å². The molecule has 1 fully saturated rings. The molecule has 5 nitrogen and oxygen atoms in total. The average molecular weight is 396 g/mol. The number of amides is 2. The minimum Gasteiger partial charge on any atom is -0.457 e. The molecule has 2 amide bonds. The van der Waals surface area contributed by atoms with Gasteiger partial charge in [0.1, 0.15) is 17.3 Å². The van der Waals surface area contributed by atoms with Gasteiger partial charge in [-0.05, 0) is 48.9 Å². The van der Waals surface area contributed by atoms with Crippen molar-refractivity contribution < 1.29 is 31.9 Å². The number of piperidine rings is 1. The molecule has 0 aliphatic carbocycles. The maximum Gasteiger partial charge on any atom is 0.416 e. The third-order valence-corrected chi connectivity index (χ3v) is 4.20. The molecule has 2 N–H and O–H groups in total. The largest absolute Gasteiger partial charge is 0.457 e. The molecule has 0 aromatic heterocycles. The van der Waals surface area contributed by atoms with Crippen LogP contribution in [-0.4, -0.2) is 24.4 Å². The van der Waals surface area contributed by atoms with Gasteiger partial charge in [0, 0.05) is 19.0 Å². The van der Waals surface area contributed by atoms with Crippen LogP contribution in [0, 0.1) is 5.82 Å². The van der Waals surface area contributed by atoms with E-state index < -0.39 is 23.5 Å². The second-order valence-corrected chi connectivity index (χ2v) is 6.28. The van der Waals surface area contributed by atoms with E-state index in [-0.39, 0.29) is 42.0 Å². The lowest BCUT2D eigenvalue weighted by molar-refractivity contribution is -0.137. The number of hydrogen-bond acceptors (Lipinski definition) is 3. The van der Waals surface area contributed by atoms with Crippen molar-refractivity contribution in [2.75, 3.05) is 6.54 Å². The molecule has 0 spiro atoms. The van der Waals surface area contributed by atoms with Gasteiger partial charge in [-0.15, -0.1) is 0 Å². The van der Waals surface area contributed by atoms with E-state index in [1.807, 2.05) is 0 Å². The SMILES string of the molecule is O=C1CCC(NC(=O)c2ccc(C(F)(F)F)cc2Oc2ccc(F)cc2)CN1. The molecule has 1 atom stereocenters. The first-order valence-electron chi connectivity index (χ1n) is 8.44. The zero-order valence-electron chi connectivity index (χ0n) is 14.5. The van der Waals surface area contributed by atoms with E-state index in [9.17, 15) is 27.2 Å². The van der Waals surface area contributed by atoms with Gasteiger partial charge >= 0.3 is 6.18 Å². The Kier molecular flexibility index (Phi) is 5.53. The number of benzene rings is 2. The van der Waals surface area contributed by atoms with Crippen molar-refractivity contribution in [2.24, 2.45) is 0 Å². The summed E-state index contributed by atoms with van der Waals surface area (Å²) in [5.74, 6) is -1.51. The van der Waals surface area contributed by atoms with Crippen LogP contribution in [0.2, 0.25) is 0 Å². The molecule has 9 heteroatoms. The molecular formula is C19H16F4N2O3. The van der Waals surface area contributed by atoms with Crippen molar-refractivity contribution in [1.29, 1.82) is 0 Å². The van der Waals surface area contributed by atoms with Crippen LogP contribution in [-0.2, 0) is 11.0 Å². The second kappa shape index (κ2) is 7.87. The summed E-state index contributed by atoms with van der Waals surface area (Å²) in [5, 5.41) is 5.28. The number of ether oxygens (including phenoxy) is 1.